The molecule has 2 N–H and O–H groups in total. The van der Waals surface area contributed by atoms with E-state index in [4.69, 9.17) is 19.6 Å². The third-order valence-corrected chi connectivity index (χ3v) is 12.3. The quantitative estimate of drug-likeness (QED) is 0.0273. The van der Waals surface area contributed by atoms with E-state index in [1.54, 1.807) is 82.3 Å². The average Bonchev–Trinajstić information content (AvgIpc) is 2.88. The minimum atomic E-state index is -0.381. The van der Waals surface area contributed by atoms with Crippen molar-refractivity contribution in [2.75, 3.05) is 79.5 Å². The lowest BCUT2D eigenvalue weighted by atomic mass is 10.8. The Labute approximate surface area is 251 Å². The van der Waals surface area contributed by atoms with Gasteiger partial charge in [-0.2, -0.15) is 9.78 Å². The van der Waals surface area contributed by atoms with E-state index in [0.29, 0.717) is 29.5 Å². The number of aliphatic hydroxyl groups is 1. The van der Waals surface area contributed by atoms with Gasteiger partial charge in [-0.15, -0.1) is 106 Å². The van der Waals surface area contributed by atoms with Gasteiger partial charge in [-0.1, -0.05) is 0 Å². The van der Waals surface area contributed by atoms with Crippen LogP contribution < -0.4 is 5.32 Å². The number of aliphatic imine (C=N–C) groups is 2. The first kappa shape index (κ1) is 37.2. The molecule has 0 rings (SSSR count). The van der Waals surface area contributed by atoms with E-state index in [9.17, 15) is 4.79 Å². The van der Waals surface area contributed by atoms with Gasteiger partial charge in [-0.05, 0) is 6.26 Å². The molecule has 0 heterocycles. The number of aliphatic hydroxyl groups excluding tert-OH is 1. The summed E-state index contributed by atoms with van der Waals surface area (Å²) in [6.45, 7) is 0.0442. The highest BCUT2D eigenvalue weighted by atomic mass is 32.3. The molecule has 0 fully saturated rings. The fraction of sp³-hybridized carbons (Fsp3) is 0.824. The van der Waals surface area contributed by atoms with Gasteiger partial charge >= 0.3 is 6.09 Å². The SMILES string of the molecule is CSCN=COOCSCSCSCSCOC(=O)NCSCSCSCSCN=COOCCO. The summed E-state index contributed by atoms with van der Waals surface area (Å²) >= 11 is 15.4. The molecule has 1 amide bonds. The van der Waals surface area contributed by atoms with Crippen molar-refractivity contribution in [1.82, 2.24) is 5.32 Å². The van der Waals surface area contributed by atoms with Crippen molar-refractivity contribution in [2.45, 2.75) is 0 Å². The number of thioether (sulfide) groups is 9. The number of amides is 1. The molecule has 0 atom stereocenters. The number of ether oxygens (including phenoxy) is 1. The molecule has 0 aromatic rings. The van der Waals surface area contributed by atoms with E-state index < -0.39 is 0 Å². The molecule has 10 nitrogen and oxygen atoms in total. The van der Waals surface area contributed by atoms with Crippen molar-refractivity contribution in [3.63, 3.8) is 0 Å². The van der Waals surface area contributed by atoms with Crippen molar-refractivity contribution in [3.05, 3.63) is 0 Å². The van der Waals surface area contributed by atoms with Gasteiger partial charge in [0.15, 0.2) is 0 Å². The number of rotatable bonds is 28. The van der Waals surface area contributed by atoms with Gasteiger partial charge in [0.2, 0.25) is 12.8 Å². The average molecular weight is 680 g/mol. The molecule has 0 aromatic carbocycles. The van der Waals surface area contributed by atoms with Crippen molar-refractivity contribution < 1.29 is 34.2 Å². The maximum atomic E-state index is 11.7. The number of hydrogen-bond donors (Lipinski definition) is 2. The first-order chi connectivity index (χ1) is 17.8. The summed E-state index contributed by atoms with van der Waals surface area (Å²) in [6.07, 6.45) is 4.14. The number of carbonyl (C=O) groups is 1. The smallest absolute Gasteiger partial charge is 0.408 e. The Morgan fingerprint density at radius 2 is 1.36 bits per heavy atom. The molecule has 0 spiro atoms. The highest BCUT2D eigenvalue weighted by Crippen LogP contribution is 2.22. The van der Waals surface area contributed by atoms with Gasteiger partial charge in [0.1, 0.15) is 18.5 Å². The summed E-state index contributed by atoms with van der Waals surface area (Å²) in [5.74, 6) is 2.61. The van der Waals surface area contributed by atoms with Crippen LogP contribution in [0.2, 0.25) is 0 Å². The normalized spacial score (nSPS) is 11.4. The van der Waals surface area contributed by atoms with E-state index >= 15 is 0 Å². The van der Waals surface area contributed by atoms with Gasteiger partial charge in [0.25, 0.3) is 0 Å². The Morgan fingerprint density at radius 3 is 2.06 bits per heavy atom. The van der Waals surface area contributed by atoms with Gasteiger partial charge in [-0.25, -0.2) is 14.8 Å². The second-order valence-electron chi connectivity index (χ2n) is 5.31. The predicted octanol–water partition coefficient (Wildman–Crippen LogP) is 5.42. The number of nitrogens with zero attached hydrogens (tertiary/aromatic N) is 2. The summed E-state index contributed by atoms with van der Waals surface area (Å²) in [4.78, 5) is 38.5. The fourth-order valence-corrected chi connectivity index (χ4v) is 9.80. The van der Waals surface area contributed by atoms with E-state index in [-0.39, 0.29) is 19.3 Å². The monoisotopic (exact) mass is 679 g/mol. The first-order valence-corrected chi connectivity index (χ1v) is 20.6. The molecule has 0 aliphatic rings. The highest BCUT2D eigenvalue weighted by molar-refractivity contribution is 8.26. The van der Waals surface area contributed by atoms with E-state index in [1.807, 2.05) is 29.8 Å². The molecule has 0 aromatic heterocycles. The summed E-state index contributed by atoms with van der Waals surface area (Å²) in [6, 6.07) is 0. The zero-order valence-electron chi connectivity index (χ0n) is 19.8. The van der Waals surface area contributed by atoms with Crippen LogP contribution in [0.3, 0.4) is 0 Å². The van der Waals surface area contributed by atoms with Crippen LogP contribution in [0.5, 0.6) is 0 Å². The maximum Gasteiger partial charge on any atom is 0.408 e. The molecule has 0 saturated heterocycles. The van der Waals surface area contributed by atoms with E-state index in [2.05, 4.69) is 25.1 Å². The molecule has 0 saturated carbocycles. The predicted molar refractivity (Wildman–Crippen MR) is 171 cm³/mol. The van der Waals surface area contributed by atoms with E-state index in [1.165, 1.54) is 12.8 Å². The summed E-state index contributed by atoms with van der Waals surface area (Å²) < 4.78 is 5.15. The summed E-state index contributed by atoms with van der Waals surface area (Å²) in [7, 11) is 0. The van der Waals surface area contributed by atoms with Crippen molar-refractivity contribution in [1.29, 1.82) is 0 Å². The molecule has 36 heavy (non-hydrogen) atoms. The summed E-state index contributed by atoms with van der Waals surface area (Å²) in [5, 5.41) is 16.8. The van der Waals surface area contributed by atoms with Crippen molar-refractivity contribution in [3.8, 4) is 0 Å². The minimum Gasteiger partial charge on any atom is -0.438 e. The van der Waals surface area contributed by atoms with Gasteiger partial charge in [0.05, 0.1) is 24.2 Å². The van der Waals surface area contributed by atoms with Crippen molar-refractivity contribution in [2.24, 2.45) is 9.98 Å². The van der Waals surface area contributed by atoms with Crippen molar-refractivity contribution >= 4 is 125 Å². The highest BCUT2D eigenvalue weighted by Gasteiger charge is 2.01. The van der Waals surface area contributed by atoms with Crippen LogP contribution in [0.1, 0.15) is 0 Å². The molecule has 19 heteroatoms. The Hall–Kier alpha value is 1.24. The standard InChI is InChI=1S/C17H33N3O7S9/c1-28-6-18-4-26-27-10-32-14-36-16-35-13-31-9-23-17(22)20-8-30-12-34-15-33-11-29-7-19-5-25-24-3-2-21/h4-5,21H,2-3,6-16H2,1H3,(H,20,22). The second kappa shape index (κ2) is 34.3. The van der Waals surface area contributed by atoms with Crippen LogP contribution in [-0.4, -0.2) is 103 Å². The van der Waals surface area contributed by atoms with Crippen LogP contribution in [0.4, 0.5) is 4.79 Å². The van der Waals surface area contributed by atoms with Gasteiger partial charge in [0, 0.05) is 30.5 Å². The third-order valence-electron chi connectivity index (χ3n) is 2.64. The lowest BCUT2D eigenvalue weighted by Crippen LogP contribution is -2.23. The molecular weight excluding hydrogens is 647 g/mol. The van der Waals surface area contributed by atoms with Crippen LogP contribution in [-0.2, 0) is 24.3 Å². The second-order valence-corrected chi connectivity index (χ2v) is 16.1. The number of nitrogens with one attached hydrogen (secondary N) is 1. The molecule has 0 bridgehead atoms. The first-order valence-electron chi connectivity index (χ1n) is 9.96. The summed E-state index contributed by atoms with van der Waals surface area (Å²) in [5.41, 5.74) is 0. The molecular formula is C17H33N3O7S9. The van der Waals surface area contributed by atoms with Gasteiger partial charge < -0.3 is 24.9 Å². The van der Waals surface area contributed by atoms with Gasteiger partial charge in [-0.3, -0.25) is 0 Å². The Balaban J connectivity index is 3.19. The largest absolute Gasteiger partial charge is 0.438 e. The topological polar surface area (TPSA) is 120 Å². The Bertz CT molecular complexity index is 532. The third kappa shape index (κ3) is 33.3. The number of carbonyl (C=O) groups excluding carboxylic acids is 1. The van der Waals surface area contributed by atoms with Crippen LogP contribution >= 0.6 is 106 Å². The molecule has 0 aliphatic carbocycles. The Kier molecular flexibility index (Phi) is 35.4. The molecule has 0 radical (unpaired) electrons. The van der Waals surface area contributed by atoms with Crippen LogP contribution in [0.15, 0.2) is 9.98 Å². The molecule has 0 aliphatic heterocycles. The number of hydrogen-bond acceptors (Lipinski definition) is 18. The molecule has 212 valence electrons. The van der Waals surface area contributed by atoms with Crippen LogP contribution in [0.25, 0.3) is 0 Å². The van der Waals surface area contributed by atoms with Crippen LogP contribution in [0, 0.1) is 0 Å². The minimum absolute atomic E-state index is 0.0845. The lowest BCUT2D eigenvalue weighted by Gasteiger charge is -2.07. The zero-order chi connectivity index (χ0) is 26.2. The Morgan fingerprint density at radius 1 is 0.778 bits per heavy atom. The zero-order valence-corrected chi connectivity index (χ0v) is 27.2. The number of alkyl carbamates (subject to hydrolysis) is 1. The maximum absolute atomic E-state index is 11.7. The van der Waals surface area contributed by atoms with E-state index in [0.717, 1.165) is 30.5 Å². The lowest BCUT2D eigenvalue weighted by molar-refractivity contribution is -0.221. The molecule has 0 unspecified atom stereocenters. The fourth-order valence-electron chi connectivity index (χ4n) is 1.35.